The standard InChI is InChI=1S/C17H19N5O2S/c18-7-10-20-15(23)13-4-2-1-3-12(13)14(25)17-22-21-16(24-17)11-5-8-19-9-6-11/h5-6,8-9,12-14,25H,1-4,10H2,(H,20,23)/t12-,13-,14?/m0/s1. The molecule has 130 valence electrons. The molecule has 3 atom stereocenters. The number of carbonyl (C=O) groups is 1. The van der Waals surface area contributed by atoms with E-state index >= 15 is 0 Å². The highest BCUT2D eigenvalue weighted by atomic mass is 32.1. The summed E-state index contributed by atoms with van der Waals surface area (Å²) in [5, 5.41) is 19.2. The van der Waals surface area contributed by atoms with Crippen LogP contribution in [0.5, 0.6) is 0 Å². The number of amides is 1. The molecule has 1 amide bonds. The number of carbonyl (C=O) groups excluding carboxylic acids is 1. The molecule has 1 unspecified atom stereocenters. The summed E-state index contributed by atoms with van der Waals surface area (Å²) in [6.07, 6.45) is 7.00. The van der Waals surface area contributed by atoms with E-state index in [2.05, 4.69) is 33.1 Å². The summed E-state index contributed by atoms with van der Waals surface area (Å²) in [6.45, 7) is 0.0199. The van der Waals surface area contributed by atoms with E-state index in [0.717, 1.165) is 31.2 Å². The van der Waals surface area contributed by atoms with Crippen LogP contribution in [0, 0.1) is 23.2 Å². The van der Waals surface area contributed by atoms with Crippen molar-refractivity contribution in [2.45, 2.75) is 30.9 Å². The third kappa shape index (κ3) is 3.99. The Hall–Kier alpha value is -2.40. The number of rotatable bonds is 5. The normalized spacial score (nSPS) is 21.3. The van der Waals surface area contributed by atoms with Crippen molar-refractivity contribution in [2.75, 3.05) is 6.54 Å². The second kappa shape index (κ2) is 8.12. The van der Waals surface area contributed by atoms with Crippen LogP contribution in [0.25, 0.3) is 11.5 Å². The molecule has 1 aliphatic carbocycles. The van der Waals surface area contributed by atoms with Gasteiger partial charge in [-0.2, -0.15) is 17.9 Å². The molecule has 25 heavy (non-hydrogen) atoms. The van der Waals surface area contributed by atoms with Crippen molar-refractivity contribution in [2.24, 2.45) is 11.8 Å². The summed E-state index contributed by atoms with van der Waals surface area (Å²) in [4.78, 5) is 16.3. The van der Waals surface area contributed by atoms with Crippen LogP contribution in [0.15, 0.2) is 28.9 Å². The lowest BCUT2D eigenvalue weighted by Gasteiger charge is -2.32. The molecule has 0 aromatic carbocycles. The molecule has 1 N–H and O–H groups in total. The number of hydrogen-bond donors (Lipinski definition) is 2. The van der Waals surface area contributed by atoms with E-state index in [1.54, 1.807) is 24.5 Å². The van der Waals surface area contributed by atoms with Gasteiger partial charge in [0.25, 0.3) is 0 Å². The molecule has 1 saturated carbocycles. The van der Waals surface area contributed by atoms with Crippen LogP contribution < -0.4 is 5.32 Å². The predicted molar refractivity (Wildman–Crippen MR) is 93.3 cm³/mol. The quantitative estimate of drug-likeness (QED) is 0.629. The number of nitriles is 1. The maximum absolute atomic E-state index is 12.4. The Labute approximate surface area is 151 Å². The number of aromatic nitrogens is 3. The van der Waals surface area contributed by atoms with Gasteiger partial charge in [0.1, 0.15) is 6.54 Å². The fourth-order valence-corrected chi connectivity index (χ4v) is 3.73. The van der Waals surface area contributed by atoms with Gasteiger partial charge in [-0.3, -0.25) is 9.78 Å². The van der Waals surface area contributed by atoms with Crippen molar-refractivity contribution in [3.8, 4) is 17.5 Å². The van der Waals surface area contributed by atoms with E-state index < -0.39 is 0 Å². The molecule has 3 rings (SSSR count). The second-order valence-electron chi connectivity index (χ2n) is 6.06. The lowest BCUT2D eigenvalue weighted by Crippen LogP contribution is -2.38. The van der Waals surface area contributed by atoms with Gasteiger partial charge in [-0.05, 0) is 30.9 Å². The van der Waals surface area contributed by atoms with Gasteiger partial charge in [0.2, 0.25) is 17.7 Å². The van der Waals surface area contributed by atoms with Gasteiger partial charge in [-0.25, -0.2) is 0 Å². The smallest absolute Gasteiger partial charge is 0.247 e. The topological polar surface area (TPSA) is 105 Å². The van der Waals surface area contributed by atoms with Crippen LogP contribution in [0.4, 0.5) is 0 Å². The molecule has 1 aliphatic rings. The van der Waals surface area contributed by atoms with Crippen molar-refractivity contribution in [1.29, 1.82) is 5.26 Å². The molecular formula is C17H19N5O2S. The van der Waals surface area contributed by atoms with Gasteiger partial charge in [0.15, 0.2) is 0 Å². The molecule has 2 heterocycles. The van der Waals surface area contributed by atoms with Crippen LogP contribution in [0.3, 0.4) is 0 Å². The summed E-state index contributed by atoms with van der Waals surface area (Å²) in [6, 6.07) is 5.53. The fraction of sp³-hybridized carbons (Fsp3) is 0.471. The first-order chi connectivity index (χ1) is 12.2. The van der Waals surface area contributed by atoms with Gasteiger partial charge >= 0.3 is 0 Å². The average molecular weight is 357 g/mol. The van der Waals surface area contributed by atoms with Crippen LogP contribution in [-0.4, -0.2) is 27.6 Å². The Bertz CT molecular complexity index is 758. The van der Waals surface area contributed by atoms with Crippen molar-refractivity contribution >= 4 is 18.5 Å². The highest BCUT2D eigenvalue weighted by molar-refractivity contribution is 7.80. The van der Waals surface area contributed by atoms with Crippen molar-refractivity contribution in [3.05, 3.63) is 30.4 Å². The average Bonchev–Trinajstić information content (AvgIpc) is 3.16. The van der Waals surface area contributed by atoms with Gasteiger partial charge < -0.3 is 9.73 Å². The third-order valence-corrected chi connectivity index (χ3v) is 5.13. The lowest BCUT2D eigenvalue weighted by molar-refractivity contribution is -0.127. The third-order valence-electron chi connectivity index (χ3n) is 4.52. The van der Waals surface area contributed by atoms with Crippen molar-refractivity contribution in [3.63, 3.8) is 0 Å². The molecule has 0 spiro atoms. The van der Waals surface area contributed by atoms with E-state index in [9.17, 15) is 4.79 Å². The van der Waals surface area contributed by atoms with Crippen LogP contribution in [0.2, 0.25) is 0 Å². The molecule has 0 radical (unpaired) electrons. The molecule has 8 heteroatoms. The summed E-state index contributed by atoms with van der Waals surface area (Å²) >= 11 is 4.68. The predicted octanol–water partition coefficient (Wildman–Crippen LogP) is 2.55. The SMILES string of the molecule is N#CCNC(=O)[C@H]1CCCC[C@@H]1C(S)c1nnc(-c2ccncc2)o1. The zero-order valence-corrected chi connectivity index (χ0v) is 14.5. The van der Waals surface area contributed by atoms with Crippen molar-refractivity contribution < 1.29 is 9.21 Å². The van der Waals surface area contributed by atoms with E-state index in [1.165, 1.54) is 0 Å². The van der Waals surface area contributed by atoms with Crippen LogP contribution in [-0.2, 0) is 4.79 Å². The van der Waals surface area contributed by atoms with Gasteiger partial charge in [-0.15, -0.1) is 10.2 Å². The molecule has 2 aromatic heterocycles. The first kappa shape index (κ1) is 17.4. The molecule has 1 fully saturated rings. The molecular weight excluding hydrogens is 338 g/mol. The zero-order chi connectivity index (χ0) is 17.6. The monoisotopic (exact) mass is 357 g/mol. The molecule has 0 bridgehead atoms. The number of nitrogens with zero attached hydrogens (tertiary/aromatic N) is 4. The Morgan fingerprint density at radius 1 is 1.36 bits per heavy atom. The minimum absolute atomic E-state index is 0.00140. The second-order valence-corrected chi connectivity index (χ2v) is 6.61. The minimum Gasteiger partial charge on any atom is -0.419 e. The molecule has 0 aliphatic heterocycles. The lowest BCUT2D eigenvalue weighted by atomic mass is 9.76. The van der Waals surface area contributed by atoms with E-state index in [1.807, 2.05) is 6.07 Å². The summed E-state index contributed by atoms with van der Waals surface area (Å²) in [5.74, 6) is 0.541. The van der Waals surface area contributed by atoms with E-state index in [-0.39, 0.29) is 29.5 Å². The highest BCUT2D eigenvalue weighted by Crippen LogP contribution is 2.42. The Kier molecular flexibility index (Phi) is 5.66. The number of thiol groups is 1. The fourth-order valence-electron chi connectivity index (χ4n) is 3.27. The maximum atomic E-state index is 12.4. The van der Waals surface area contributed by atoms with E-state index in [4.69, 9.17) is 9.68 Å². The van der Waals surface area contributed by atoms with Crippen LogP contribution in [0.1, 0.15) is 36.8 Å². The molecule has 2 aromatic rings. The summed E-state index contributed by atoms with van der Waals surface area (Å²) in [5.41, 5.74) is 0.793. The largest absolute Gasteiger partial charge is 0.419 e. The summed E-state index contributed by atoms with van der Waals surface area (Å²) < 4.78 is 5.78. The minimum atomic E-state index is -0.318. The number of nitrogens with one attached hydrogen (secondary N) is 1. The van der Waals surface area contributed by atoms with Gasteiger partial charge in [0, 0.05) is 23.9 Å². The Morgan fingerprint density at radius 3 is 2.88 bits per heavy atom. The molecule has 0 saturated heterocycles. The molecule has 7 nitrogen and oxygen atoms in total. The van der Waals surface area contributed by atoms with E-state index in [0.29, 0.717) is 11.8 Å². The van der Waals surface area contributed by atoms with Gasteiger partial charge in [-0.1, -0.05) is 12.8 Å². The van der Waals surface area contributed by atoms with Crippen molar-refractivity contribution in [1.82, 2.24) is 20.5 Å². The van der Waals surface area contributed by atoms with Gasteiger partial charge in [0.05, 0.1) is 11.3 Å². The zero-order valence-electron chi connectivity index (χ0n) is 13.6. The summed E-state index contributed by atoms with van der Waals surface area (Å²) in [7, 11) is 0. The first-order valence-electron chi connectivity index (χ1n) is 8.27. The number of hydrogen-bond acceptors (Lipinski definition) is 7. The van der Waals surface area contributed by atoms with Crippen LogP contribution >= 0.6 is 12.6 Å². The maximum Gasteiger partial charge on any atom is 0.247 e. The highest BCUT2D eigenvalue weighted by Gasteiger charge is 2.37. The Morgan fingerprint density at radius 2 is 2.12 bits per heavy atom. The Balaban J connectivity index is 1.76. The number of pyridine rings is 1. The first-order valence-corrected chi connectivity index (χ1v) is 8.79.